The molecule has 1 N–H and O–H groups in total. The lowest BCUT2D eigenvalue weighted by Gasteiger charge is -2.32. The molecule has 0 amide bonds. The van der Waals surface area contributed by atoms with Gasteiger partial charge in [-0.2, -0.15) is 0 Å². The molecule has 2 rings (SSSR count). The Balaban J connectivity index is 1.74. The van der Waals surface area contributed by atoms with E-state index in [1.165, 1.54) is 38.4 Å². The Labute approximate surface area is 119 Å². The van der Waals surface area contributed by atoms with Gasteiger partial charge in [-0.1, -0.05) is 24.1 Å². The van der Waals surface area contributed by atoms with Crippen LogP contribution in [0.2, 0.25) is 5.02 Å². The molecule has 2 nitrogen and oxygen atoms in total. The third-order valence-electron chi connectivity index (χ3n) is 3.77. The molecule has 0 saturated carbocycles. The third kappa shape index (κ3) is 4.44. The van der Waals surface area contributed by atoms with Crippen LogP contribution in [-0.2, 0) is 6.54 Å². The minimum absolute atomic E-state index is 0.186. The lowest BCUT2D eigenvalue weighted by atomic mass is 10.1. The van der Waals surface area contributed by atoms with Crippen molar-refractivity contribution >= 4 is 11.6 Å². The normalized spacial score (nSPS) is 18.5. The highest BCUT2D eigenvalue weighted by Gasteiger charge is 2.15. The maximum absolute atomic E-state index is 13.3. The molecule has 1 aliphatic heterocycles. The zero-order valence-electron chi connectivity index (χ0n) is 11.5. The third-order valence-corrected chi connectivity index (χ3v) is 4.07. The van der Waals surface area contributed by atoms with E-state index in [1.54, 1.807) is 6.07 Å². The Morgan fingerprint density at radius 1 is 1.32 bits per heavy atom. The summed E-state index contributed by atoms with van der Waals surface area (Å²) in [6.45, 7) is 6.29. The van der Waals surface area contributed by atoms with Crippen molar-refractivity contribution in [2.75, 3.05) is 19.6 Å². The topological polar surface area (TPSA) is 15.3 Å². The standard InChI is InChI=1S/C15H22ClFN2/c1-12(19-7-3-2-4-8-19)10-18-11-13-5-6-14(16)15(17)9-13/h5-6,9,12,18H,2-4,7-8,10-11H2,1H3. The Bertz CT molecular complexity index is 405. The van der Waals surface area contributed by atoms with Gasteiger partial charge in [0.15, 0.2) is 0 Å². The Hall–Kier alpha value is -0.640. The molecule has 1 atom stereocenters. The fraction of sp³-hybridized carbons (Fsp3) is 0.600. The monoisotopic (exact) mass is 284 g/mol. The second-order valence-corrected chi connectivity index (χ2v) is 5.73. The molecule has 1 fully saturated rings. The molecule has 1 unspecified atom stereocenters. The van der Waals surface area contributed by atoms with Gasteiger partial charge in [0.1, 0.15) is 5.82 Å². The van der Waals surface area contributed by atoms with Gasteiger partial charge in [0.05, 0.1) is 5.02 Å². The van der Waals surface area contributed by atoms with Crippen LogP contribution in [0.25, 0.3) is 0 Å². The fourth-order valence-electron chi connectivity index (χ4n) is 2.56. The highest BCUT2D eigenvalue weighted by atomic mass is 35.5. The number of benzene rings is 1. The first-order valence-electron chi connectivity index (χ1n) is 7.05. The first kappa shape index (κ1) is 14.8. The zero-order chi connectivity index (χ0) is 13.7. The summed E-state index contributed by atoms with van der Waals surface area (Å²) in [7, 11) is 0. The highest BCUT2D eigenvalue weighted by molar-refractivity contribution is 6.30. The van der Waals surface area contributed by atoms with Crippen LogP contribution in [0.15, 0.2) is 18.2 Å². The summed E-state index contributed by atoms with van der Waals surface area (Å²) in [5.74, 6) is -0.343. The van der Waals surface area contributed by atoms with Crippen LogP contribution in [0.4, 0.5) is 4.39 Å². The second-order valence-electron chi connectivity index (χ2n) is 5.33. The van der Waals surface area contributed by atoms with Crippen LogP contribution in [-0.4, -0.2) is 30.6 Å². The lowest BCUT2D eigenvalue weighted by molar-refractivity contribution is 0.170. The quantitative estimate of drug-likeness (QED) is 0.891. The predicted molar refractivity (Wildman–Crippen MR) is 78.0 cm³/mol. The number of nitrogens with one attached hydrogen (secondary N) is 1. The van der Waals surface area contributed by atoms with E-state index in [1.807, 2.05) is 6.07 Å². The number of hydrogen-bond acceptors (Lipinski definition) is 2. The summed E-state index contributed by atoms with van der Waals surface area (Å²) < 4.78 is 13.3. The van der Waals surface area contributed by atoms with Crippen molar-refractivity contribution in [1.82, 2.24) is 10.2 Å². The van der Waals surface area contributed by atoms with Gasteiger partial charge in [-0.25, -0.2) is 4.39 Å². The molecular weight excluding hydrogens is 263 g/mol. The van der Waals surface area contributed by atoms with E-state index >= 15 is 0 Å². The fourth-order valence-corrected chi connectivity index (χ4v) is 2.68. The molecule has 1 saturated heterocycles. The summed E-state index contributed by atoms with van der Waals surface area (Å²) >= 11 is 5.66. The molecule has 1 aliphatic rings. The van der Waals surface area contributed by atoms with Crippen molar-refractivity contribution in [1.29, 1.82) is 0 Å². The van der Waals surface area contributed by atoms with Crippen LogP contribution in [0.1, 0.15) is 31.7 Å². The molecule has 0 radical (unpaired) electrons. The maximum Gasteiger partial charge on any atom is 0.142 e. The first-order chi connectivity index (χ1) is 9.16. The van der Waals surface area contributed by atoms with Crippen molar-refractivity contribution in [2.24, 2.45) is 0 Å². The van der Waals surface area contributed by atoms with Gasteiger partial charge in [-0.3, -0.25) is 4.90 Å². The first-order valence-corrected chi connectivity index (χ1v) is 7.43. The number of halogens is 2. The molecule has 0 aliphatic carbocycles. The van der Waals surface area contributed by atoms with Crippen LogP contribution >= 0.6 is 11.6 Å². The van der Waals surface area contributed by atoms with Gasteiger partial charge in [-0.05, 0) is 50.6 Å². The predicted octanol–water partition coefficient (Wildman–Crippen LogP) is 3.44. The van der Waals surface area contributed by atoms with Gasteiger partial charge in [-0.15, -0.1) is 0 Å². The van der Waals surface area contributed by atoms with E-state index in [0.29, 0.717) is 12.6 Å². The number of nitrogens with zero attached hydrogens (tertiary/aromatic N) is 1. The van der Waals surface area contributed by atoms with Gasteiger partial charge in [0.25, 0.3) is 0 Å². The van der Waals surface area contributed by atoms with E-state index in [4.69, 9.17) is 11.6 Å². The summed E-state index contributed by atoms with van der Waals surface area (Å²) in [5, 5.41) is 3.58. The molecule has 0 bridgehead atoms. The molecule has 1 heterocycles. The summed E-state index contributed by atoms with van der Waals surface area (Å²) in [5.41, 5.74) is 0.938. The van der Waals surface area contributed by atoms with Crippen molar-refractivity contribution in [2.45, 2.75) is 38.8 Å². The van der Waals surface area contributed by atoms with Crippen molar-refractivity contribution in [3.8, 4) is 0 Å². The van der Waals surface area contributed by atoms with E-state index in [-0.39, 0.29) is 10.8 Å². The van der Waals surface area contributed by atoms with Crippen molar-refractivity contribution < 1.29 is 4.39 Å². The van der Waals surface area contributed by atoms with Crippen molar-refractivity contribution in [3.05, 3.63) is 34.6 Å². The molecular formula is C15H22ClFN2. The number of hydrogen-bond donors (Lipinski definition) is 1. The average molecular weight is 285 g/mol. The van der Waals surface area contributed by atoms with E-state index < -0.39 is 0 Å². The van der Waals surface area contributed by atoms with Crippen molar-refractivity contribution in [3.63, 3.8) is 0 Å². The molecule has 19 heavy (non-hydrogen) atoms. The van der Waals surface area contributed by atoms with E-state index in [2.05, 4.69) is 17.1 Å². The van der Waals surface area contributed by atoms with Gasteiger partial charge in [0.2, 0.25) is 0 Å². The molecule has 0 spiro atoms. The molecule has 4 heteroatoms. The molecule has 106 valence electrons. The number of piperidine rings is 1. The zero-order valence-corrected chi connectivity index (χ0v) is 12.2. The molecule has 1 aromatic rings. The largest absolute Gasteiger partial charge is 0.311 e. The SMILES string of the molecule is CC(CNCc1ccc(Cl)c(F)c1)N1CCCCC1. The second kappa shape index (κ2) is 7.22. The average Bonchev–Trinajstić information content (AvgIpc) is 2.43. The summed E-state index contributed by atoms with van der Waals surface area (Å²) in [6.07, 6.45) is 3.99. The Morgan fingerprint density at radius 3 is 2.74 bits per heavy atom. The molecule has 1 aromatic carbocycles. The highest BCUT2D eigenvalue weighted by Crippen LogP contribution is 2.15. The van der Waals surface area contributed by atoms with Gasteiger partial charge in [0, 0.05) is 19.1 Å². The van der Waals surface area contributed by atoms with E-state index in [0.717, 1.165) is 12.1 Å². The van der Waals surface area contributed by atoms with Crippen LogP contribution in [0.5, 0.6) is 0 Å². The number of rotatable bonds is 5. The maximum atomic E-state index is 13.3. The summed E-state index contributed by atoms with van der Waals surface area (Å²) in [4.78, 5) is 2.53. The van der Waals surface area contributed by atoms with Crippen LogP contribution in [0.3, 0.4) is 0 Å². The minimum atomic E-state index is -0.343. The van der Waals surface area contributed by atoms with Crippen LogP contribution < -0.4 is 5.32 Å². The van der Waals surface area contributed by atoms with Gasteiger partial charge >= 0.3 is 0 Å². The minimum Gasteiger partial charge on any atom is -0.311 e. The van der Waals surface area contributed by atoms with Gasteiger partial charge < -0.3 is 5.32 Å². The Morgan fingerprint density at radius 2 is 2.05 bits per heavy atom. The Kier molecular flexibility index (Phi) is 5.61. The molecule has 0 aromatic heterocycles. The van der Waals surface area contributed by atoms with E-state index in [9.17, 15) is 4.39 Å². The lowest BCUT2D eigenvalue weighted by Crippen LogP contribution is -2.42. The van der Waals surface area contributed by atoms with Crippen LogP contribution in [0, 0.1) is 5.82 Å². The number of likely N-dealkylation sites (tertiary alicyclic amines) is 1. The summed E-state index contributed by atoms with van der Waals surface area (Å²) in [6, 6.07) is 5.52. The smallest absolute Gasteiger partial charge is 0.142 e.